The number of nitrogens with one attached hydrogen (secondary N) is 2. The van der Waals surface area contributed by atoms with Gasteiger partial charge in [0.15, 0.2) is 0 Å². The van der Waals surface area contributed by atoms with Crippen molar-refractivity contribution in [2.24, 2.45) is 0 Å². The molecule has 0 aliphatic rings. The molecule has 3 aromatic rings. The highest BCUT2D eigenvalue weighted by Gasteiger charge is 2.08. The highest BCUT2D eigenvalue weighted by atomic mass is 35.5. The lowest BCUT2D eigenvalue weighted by Crippen LogP contribution is -2.28. The molecule has 2 aromatic carbocycles. The van der Waals surface area contributed by atoms with Crippen molar-refractivity contribution in [1.82, 2.24) is 15.1 Å². The van der Waals surface area contributed by atoms with E-state index < -0.39 is 11.8 Å². The van der Waals surface area contributed by atoms with Gasteiger partial charge in [0, 0.05) is 18.9 Å². The molecule has 0 aliphatic heterocycles. The molecular formula is C18H16ClFN4O. The normalized spacial score (nSPS) is 10.5. The molecule has 0 unspecified atom stereocenters. The summed E-state index contributed by atoms with van der Waals surface area (Å²) < 4.78 is 14.9. The summed E-state index contributed by atoms with van der Waals surface area (Å²) in [6.45, 7) is 0.971. The number of rotatable bonds is 5. The summed E-state index contributed by atoms with van der Waals surface area (Å²) in [7, 11) is 0. The fraction of sp³-hybridized carbons (Fsp3) is 0.111. The summed E-state index contributed by atoms with van der Waals surface area (Å²) in [4.78, 5) is 12.1. The van der Waals surface area contributed by atoms with E-state index in [1.54, 1.807) is 6.20 Å². The number of carbonyl (C=O) groups excluding carboxylic acids is 1. The van der Waals surface area contributed by atoms with Gasteiger partial charge in [0.2, 0.25) is 0 Å². The Morgan fingerprint density at radius 2 is 1.96 bits per heavy atom. The zero-order valence-electron chi connectivity index (χ0n) is 13.2. The van der Waals surface area contributed by atoms with Crippen LogP contribution in [0.2, 0.25) is 5.02 Å². The number of nitrogens with zero attached hydrogens (tertiary/aromatic N) is 2. The topological polar surface area (TPSA) is 59.0 Å². The number of benzene rings is 2. The molecular weight excluding hydrogens is 343 g/mol. The molecule has 1 aromatic heterocycles. The van der Waals surface area contributed by atoms with Gasteiger partial charge in [-0.1, -0.05) is 35.9 Å². The second-order valence-corrected chi connectivity index (χ2v) is 5.81. The van der Waals surface area contributed by atoms with Gasteiger partial charge < -0.3 is 10.6 Å². The van der Waals surface area contributed by atoms with Crippen LogP contribution in [-0.4, -0.2) is 15.8 Å². The predicted molar refractivity (Wildman–Crippen MR) is 95.0 cm³/mol. The monoisotopic (exact) mass is 358 g/mol. The number of urea groups is 1. The van der Waals surface area contributed by atoms with Gasteiger partial charge in [-0.15, -0.1) is 0 Å². The molecule has 5 nitrogen and oxygen atoms in total. The molecule has 0 aliphatic carbocycles. The highest BCUT2D eigenvalue weighted by molar-refractivity contribution is 6.33. The number of halogens is 2. The van der Waals surface area contributed by atoms with Crippen molar-refractivity contribution in [3.8, 4) is 0 Å². The van der Waals surface area contributed by atoms with Crippen molar-refractivity contribution in [3.05, 3.63) is 82.9 Å². The van der Waals surface area contributed by atoms with Crippen molar-refractivity contribution in [1.29, 1.82) is 0 Å². The number of hydrogen-bond donors (Lipinski definition) is 2. The first kappa shape index (κ1) is 17.0. The van der Waals surface area contributed by atoms with Crippen LogP contribution in [-0.2, 0) is 13.1 Å². The van der Waals surface area contributed by atoms with E-state index in [1.807, 2.05) is 41.2 Å². The molecule has 0 saturated heterocycles. The van der Waals surface area contributed by atoms with Crippen LogP contribution >= 0.6 is 11.6 Å². The van der Waals surface area contributed by atoms with Gasteiger partial charge in [-0.3, -0.25) is 4.68 Å². The third kappa shape index (κ3) is 4.58. The van der Waals surface area contributed by atoms with Crippen LogP contribution in [0.25, 0.3) is 0 Å². The summed E-state index contributed by atoms with van der Waals surface area (Å²) >= 11 is 5.90. The Balaban J connectivity index is 1.62. The summed E-state index contributed by atoms with van der Waals surface area (Å²) in [5.74, 6) is -0.455. The van der Waals surface area contributed by atoms with Gasteiger partial charge in [-0.05, 0) is 35.4 Å². The number of aromatic nitrogens is 2. The first-order valence-electron chi connectivity index (χ1n) is 7.66. The summed E-state index contributed by atoms with van der Waals surface area (Å²) in [5, 5.41) is 9.72. The number of carbonyl (C=O) groups is 1. The lowest BCUT2D eigenvalue weighted by atomic mass is 10.1. The lowest BCUT2D eigenvalue weighted by molar-refractivity contribution is 0.251. The van der Waals surface area contributed by atoms with Crippen LogP contribution in [0.1, 0.15) is 11.1 Å². The van der Waals surface area contributed by atoms with Gasteiger partial charge in [0.1, 0.15) is 5.82 Å². The zero-order chi connectivity index (χ0) is 17.6. The second-order valence-electron chi connectivity index (χ2n) is 5.40. The average Bonchev–Trinajstić information content (AvgIpc) is 3.10. The van der Waals surface area contributed by atoms with E-state index in [0.29, 0.717) is 18.8 Å². The smallest absolute Gasteiger partial charge is 0.319 e. The maximum absolute atomic E-state index is 13.0. The van der Waals surface area contributed by atoms with Crippen molar-refractivity contribution in [2.75, 3.05) is 5.32 Å². The van der Waals surface area contributed by atoms with Crippen molar-refractivity contribution in [2.45, 2.75) is 13.1 Å². The average molecular weight is 359 g/mol. The van der Waals surface area contributed by atoms with Crippen molar-refractivity contribution >= 4 is 23.3 Å². The van der Waals surface area contributed by atoms with Crippen molar-refractivity contribution in [3.63, 3.8) is 0 Å². The van der Waals surface area contributed by atoms with Gasteiger partial charge >= 0.3 is 6.03 Å². The zero-order valence-corrected chi connectivity index (χ0v) is 14.0. The molecule has 0 fully saturated rings. The van der Waals surface area contributed by atoms with Crippen LogP contribution in [0.4, 0.5) is 14.9 Å². The molecule has 3 rings (SSSR count). The predicted octanol–water partition coefficient (Wildman–Crippen LogP) is 4.05. The minimum Gasteiger partial charge on any atom is -0.334 e. The molecule has 2 amide bonds. The lowest BCUT2D eigenvalue weighted by Gasteiger charge is -2.12. The maximum atomic E-state index is 13.0. The standard InChI is InChI=1S/C18H16ClFN4O/c19-16-10-15(20)6-7-17(16)23-18(25)21-11-13-4-1-2-5-14(13)12-24-9-3-8-22-24/h1-10H,11-12H2,(H2,21,23,25). The molecule has 0 spiro atoms. The quantitative estimate of drug-likeness (QED) is 0.723. The summed E-state index contributed by atoms with van der Waals surface area (Å²) in [5.41, 5.74) is 2.40. The van der Waals surface area contributed by atoms with Crippen LogP contribution in [0, 0.1) is 5.82 Å². The van der Waals surface area contributed by atoms with E-state index in [0.717, 1.165) is 17.2 Å². The van der Waals surface area contributed by atoms with Crippen LogP contribution in [0.3, 0.4) is 0 Å². The number of amides is 2. The van der Waals surface area contributed by atoms with Crippen molar-refractivity contribution < 1.29 is 9.18 Å². The molecule has 25 heavy (non-hydrogen) atoms. The largest absolute Gasteiger partial charge is 0.334 e. The Hall–Kier alpha value is -2.86. The third-order valence-electron chi connectivity index (χ3n) is 3.63. The molecule has 0 atom stereocenters. The first-order valence-corrected chi connectivity index (χ1v) is 8.04. The number of anilines is 1. The van der Waals surface area contributed by atoms with Crippen LogP contribution in [0.15, 0.2) is 60.9 Å². The Labute approximate surface area is 149 Å². The molecule has 0 saturated carbocycles. The number of hydrogen-bond acceptors (Lipinski definition) is 2. The van der Waals surface area contributed by atoms with E-state index >= 15 is 0 Å². The summed E-state index contributed by atoms with van der Waals surface area (Å²) in [6.07, 6.45) is 3.61. The Kier molecular flexibility index (Phi) is 5.30. The van der Waals surface area contributed by atoms with E-state index in [-0.39, 0.29) is 5.02 Å². The Morgan fingerprint density at radius 1 is 1.16 bits per heavy atom. The Bertz CT molecular complexity index is 867. The van der Waals surface area contributed by atoms with Crippen LogP contribution < -0.4 is 10.6 Å². The fourth-order valence-corrected chi connectivity index (χ4v) is 2.60. The van der Waals surface area contributed by atoms with E-state index in [4.69, 9.17) is 11.6 Å². The molecule has 1 heterocycles. The van der Waals surface area contributed by atoms with E-state index in [2.05, 4.69) is 15.7 Å². The van der Waals surface area contributed by atoms with Gasteiger partial charge in [-0.25, -0.2) is 9.18 Å². The SMILES string of the molecule is O=C(NCc1ccccc1Cn1cccn1)Nc1ccc(F)cc1Cl. The van der Waals surface area contributed by atoms with E-state index in [9.17, 15) is 9.18 Å². The molecule has 2 N–H and O–H groups in total. The minimum atomic E-state index is -0.455. The van der Waals surface area contributed by atoms with Crippen LogP contribution in [0.5, 0.6) is 0 Å². The molecule has 0 bridgehead atoms. The first-order chi connectivity index (χ1) is 12.1. The molecule has 7 heteroatoms. The fourth-order valence-electron chi connectivity index (χ4n) is 2.39. The molecule has 0 radical (unpaired) electrons. The second kappa shape index (κ2) is 7.81. The third-order valence-corrected chi connectivity index (χ3v) is 3.94. The highest BCUT2D eigenvalue weighted by Crippen LogP contribution is 2.22. The van der Waals surface area contributed by atoms with Gasteiger partial charge in [-0.2, -0.15) is 5.10 Å². The maximum Gasteiger partial charge on any atom is 0.319 e. The van der Waals surface area contributed by atoms with Gasteiger partial charge in [0.25, 0.3) is 0 Å². The van der Waals surface area contributed by atoms with Gasteiger partial charge in [0.05, 0.1) is 17.3 Å². The minimum absolute atomic E-state index is 0.147. The summed E-state index contributed by atoms with van der Waals surface area (Å²) in [6, 6.07) is 13.1. The molecule has 128 valence electrons. The van der Waals surface area contributed by atoms with E-state index in [1.165, 1.54) is 12.1 Å². The Morgan fingerprint density at radius 3 is 2.68 bits per heavy atom.